The van der Waals surface area contributed by atoms with E-state index in [4.69, 9.17) is 11.6 Å². The van der Waals surface area contributed by atoms with Gasteiger partial charge >= 0.3 is 0 Å². The topological polar surface area (TPSA) is 29.1 Å². The third-order valence-corrected chi connectivity index (χ3v) is 4.05. The summed E-state index contributed by atoms with van der Waals surface area (Å²) in [5.41, 5.74) is 0.598. The molecular weight excluding hydrogens is 369 g/mol. The minimum atomic E-state index is -0.0910. The summed E-state index contributed by atoms with van der Waals surface area (Å²) in [4.78, 5) is 12.0. The number of rotatable bonds is 4. The van der Waals surface area contributed by atoms with Crippen LogP contribution in [-0.2, 0) is 0 Å². The van der Waals surface area contributed by atoms with Gasteiger partial charge in [-0.15, -0.1) is 0 Å². The first-order chi connectivity index (χ1) is 7.95. The second-order valence-electron chi connectivity index (χ2n) is 4.10. The highest BCUT2D eigenvalue weighted by Crippen LogP contribution is 2.21. The van der Waals surface area contributed by atoms with Gasteiger partial charge in [-0.25, -0.2) is 0 Å². The van der Waals surface area contributed by atoms with Crippen LogP contribution in [0.3, 0.4) is 0 Å². The van der Waals surface area contributed by atoms with Crippen molar-refractivity contribution in [2.45, 2.75) is 19.9 Å². The van der Waals surface area contributed by atoms with Gasteiger partial charge in [0.25, 0.3) is 5.91 Å². The van der Waals surface area contributed by atoms with Gasteiger partial charge in [0.2, 0.25) is 0 Å². The third-order valence-electron chi connectivity index (χ3n) is 2.46. The molecular formula is C12H14Br2ClNO. The fourth-order valence-electron chi connectivity index (χ4n) is 1.30. The van der Waals surface area contributed by atoms with E-state index in [9.17, 15) is 4.79 Å². The van der Waals surface area contributed by atoms with E-state index in [0.717, 1.165) is 5.33 Å². The van der Waals surface area contributed by atoms with Crippen molar-refractivity contribution < 1.29 is 4.79 Å². The number of alkyl halides is 1. The summed E-state index contributed by atoms with van der Waals surface area (Å²) in [6.45, 7) is 4.15. The van der Waals surface area contributed by atoms with Gasteiger partial charge in [-0.3, -0.25) is 4.79 Å². The maximum atomic E-state index is 12.0. The zero-order valence-electron chi connectivity index (χ0n) is 9.64. The predicted octanol–water partition coefficient (Wildman–Crippen LogP) is 4.25. The van der Waals surface area contributed by atoms with Crippen molar-refractivity contribution in [2.75, 3.05) is 5.33 Å². The normalized spacial score (nSPS) is 12.6. The fourth-order valence-corrected chi connectivity index (χ4v) is 3.08. The van der Waals surface area contributed by atoms with Crippen molar-refractivity contribution in [3.05, 3.63) is 33.3 Å². The van der Waals surface area contributed by atoms with E-state index in [0.29, 0.717) is 21.0 Å². The third kappa shape index (κ3) is 4.27. The van der Waals surface area contributed by atoms with Crippen LogP contribution in [0, 0.1) is 5.92 Å². The summed E-state index contributed by atoms with van der Waals surface area (Å²) in [6.07, 6.45) is 0. The van der Waals surface area contributed by atoms with Gasteiger partial charge in [-0.2, -0.15) is 0 Å². The van der Waals surface area contributed by atoms with Crippen LogP contribution in [0.5, 0.6) is 0 Å². The molecule has 0 fully saturated rings. The standard InChI is InChI=1S/C12H14Br2ClNO/c1-7(2)11(6-13)16-12(17)9-4-3-8(15)5-10(9)14/h3-5,7,11H,6H2,1-2H3,(H,16,17). The second-order valence-corrected chi connectivity index (χ2v) is 6.04. The lowest BCUT2D eigenvalue weighted by Gasteiger charge is -2.20. The SMILES string of the molecule is CC(C)C(CBr)NC(=O)c1ccc(Cl)cc1Br. The van der Waals surface area contributed by atoms with E-state index in [1.807, 2.05) is 0 Å². The Labute approximate surface area is 123 Å². The number of benzene rings is 1. The Bertz CT molecular complexity index is 409. The highest BCUT2D eigenvalue weighted by molar-refractivity contribution is 9.10. The molecule has 1 unspecified atom stereocenters. The Hall–Kier alpha value is -0.0600. The van der Waals surface area contributed by atoms with Crippen molar-refractivity contribution in [1.29, 1.82) is 0 Å². The van der Waals surface area contributed by atoms with E-state index in [-0.39, 0.29) is 11.9 Å². The average Bonchev–Trinajstić information content (AvgIpc) is 2.24. The molecule has 0 aliphatic rings. The number of carbonyl (C=O) groups excluding carboxylic acids is 1. The van der Waals surface area contributed by atoms with Crippen LogP contribution >= 0.6 is 43.5 Å². The summed E-state index contributed by atoms with van der Waals surface area (Å²) in [5, 5.41) is 4.33. The highest BCUT2D eigenvalue weighted by atomic mass is 79.9. The summed E-state index contributed by atoms with van der Waals surface area (Å²) < 4.78 is 0.708. The molecule has 1 amide bonds. The molecule has 0 bridgehead atoms. The largest absolute Gasteiger partial charge is 0.348 e. The number of nitrogens with one attached hydrogen (secondary N) is 1. The molecule has 0 radical (unpaired) electrons. The Morgan fingerprint density at radius 2 is 2.12 bits per heavy atom. The van der Waals surface area contributed by atoms with Gasteiger partial charge in [0.1, 0.15) is 0 Å². The number of hydrogen-bond acceptors (Lipinski definition) is 1. The maximum absolute atomic E-state index is 12.0. The van der Waals surface area contributed by atoms with Crippen LogP contribution in [0.1, 0.15) is 24.2 Å². The van der Waals surface area contributed by atoms with E-state index >= 15 is 0 Å². The molecule has 0 aliphatic carbocycles. The number of amides is 1. The minimum Gasteiger partial charge on any atom is -0.348 e. The first-order valence-electron chi connectivity index (χ1n) is 5.27. The Kier molecular flexibility index (Phi) is 5.97. The van der Waals surface area contributed by atoms with Gasteiger partial charge in [-0.05, 0) is 40.0 Å². The number of hydrogen-bond donors (Lipinski definition) is 1. The smallest absolute Gasteiger partial charge is 0.252 e. The van der Waals surface area contributed by atoms with Gasteiger partial charge in [0.05, 0.1) is 5.56 Å². The zero-order valence-corrected chi connectivity index (χ0v) is 13.6. The summed E-state index contributed by atoms with van der Waals surface area (Å²) in [6, 6.07) is 5.26. The molecule has 0 saturated heterocycles. The molecule has 0 aromatic heterocycles. The summed E-state index contributed by atoms with van der Waals surface area (Å²) >= 11 is 12.6. The molecule has 17 heavy (non-hydrogen) atoms. The van der Waals surface area contributed by atoms with Crippen molar-refractivity contribution in [2.24, 2.45) is 5.92 Å². The van der Waals surface area contributed by atoms with Crippen LogP contribution < -0.4 is 5.32 Å². The monoisotopic (exact) mass is 381 g/mol. The molecule has 1 N–H and O–H groups in total. The van der Waals surface area contributed by atoms with Gasteiger partial charge in [0, 0.05) is 20.9 Å². The average molecular weight is 384 g/mol. The lowest BCUT2D eigenvalue weighted by Crippen LogP contribution is -2.39. The fraction of sp³-hybridized carbons (Fsp3) is 0.417. The van der Waals surface area contributed by atoms with Crippen molar-refractivity contribution in [1.82, 2.24) is 5.32 Å². The molecule has 1 aromatic rings. The number of halogens is 3. The van der Waals surface area contributed by atoms with Crippen molar-refractivity contribution >= 4 is 49.4 Å². The van der Waals surface area contributed by atoms with Gasteiger partial charge in [-0.1, -0.05) is 41.4 Å². The van der Waals surface area contributed by atoms with E-state index < -0.39 is 0 Å². The molecule has 1 atom stereocenters. The van der Waals surface area contributed by atoms with E-state index in [1.54, 1.807) is 18.2 Å². The van der Waals surface area contributed by atoms with Crippen LogP contribution in [-0.4, -0.2) is 17.3 Å². The Balaban J connectivity index is 2.82. The maximum Gasteiger partial charge on any atom is 0.252 e. The Morgan fingerprint density at radius 1 is 1.47 bits per heavy atom. The van der Waals surface area contributed by atoms with Crippen LogP contribution in [0.25, 0.3) is 0 Å². The van der Waals surface area contributed by atoms with Crippen molar-refractivity contribution in [3.63, 3.8) is 0 Å². The van der Waals surface area contributed by atoms with Gasteiger partial charge in [0.15, 0.2) is 0 Å². The quantitative estimate of drug-likeness (QED) is 0.774. The molecule has 1 aromatic carbocycles. The van der Waals surface area contributed by atoms with Crippen LogP contribution in [0.2, 0.25) is 5.02 Å². The summed E-state index contributed by atoms with van der Waals surface area (Å²) in [5.74, 6) is 0.288. The van der Waals surface area contributed by atoms with E-state index in [1.165, 1.54) is 0 Å². The molecule has 2 nitrogen and oxygen atoms in total. The predicted molar refractivity (Wildman–Crippen MR) is 79.0 cm³/mol. The van der Waals surface area contributed by atoms with Crippen LogP contribution in [0.15, 0.2) is 22.7 Å². The van der Waals surface area contributed by atoms with Crippen molar-refractivity contribution in [3.8, 4) is 0 Å². The minimum absolute atomic E-state index is 0.0910. The van der Waals surface area contributed by atoms with Crippen LogP contribution in [0.4, 0.5) is 0 Å². The molecule has 0 heterocycles. The molecule has 1 rings (SSSR count). The molecule has 0 spiro atoms. The lowest BCUT2D eigenvalue weighted by atomic mass is 10.1. The van der Waals surface area contributed by atoms with Gasteiger partial charge < -0.3 is 5.32 Å². The highest BCUT2D eigenvalue weighted by Gasteiger charge is 2.17. The molecule has 0 saturated carbocycles. The molecule has 0 aliphatic heterocycles. The zero-order chi connectivity index (χ0) is 13.0. The first kappa shape index (κ1) is 15.0. The Morgan fingerprint density at radius 3 is 2.59 bits per heavy atom. The first-order valence-corrected chi connectivity index (χ1v) is 7.56. The second kappa shape index (κ2) is 6.76. The lowest BCUT2D eigenvalue weighted by molar-refractivity contribution is 0.0931. The molecule has 94 valence electrons. The molecule has 5 heteroatoms. The number of carbonyl (C=O) groups is 1. The van der Waals surface area contributed by atoms with E-state index in [2.05, 4.69) is 51.0 Å². The summed E-state index contributed by atoms with van der Waals surface area (Å²) in [7, 11) is 0.